The van der Waals surface area contributed by atoms with Crippen molar-refractivity contribution in [3.63, 3.8) is 0 Å². The molecule has 0 aliphatic carbocycles. The van der Waals surface area contributed by atoms with Crippen LogP contribution in [0.4, 0.5) is 5.95 Å². The molecule has 0 saturated heterocycles. The smallest absolute Gasteiger partial charge is 0.205 e. The fraction of sp³-hybridized carbons (Fsp3) is 0.133. The van der Waals surface area contributed by atoms with Crippen molar-refractivity contribution in [2.24, 2.45) is 0 Å². The van der Waals surface area contributed by atoms with Crippen molar-refractivity contribution in [2.45, 2.75) is 6.61 Å². The van der Waals surface area contributed by atoms with E-state index in [1.54, 1.807) is 7.11 Å². The van der Waals surface area contributed by atoms with Gasteiger partial charge in [-0.05, 0) is 35.9 Å². The maximum absolute atomic E-state index is 6.06. The summed E-state index contributed by atoms with van der Waals surface area (Å²) in [5, 5.41) is 0. The topological polar surface area (TPSA) is 53.1 Å². The van der Waals surface area contributed by atoms with E-state index in [-0.39, 0.29) is 0 Å². The highest BCUT2D eigenvalue weighted by Crippen LogP contribution is 2.26. The molecule has 20 heavy (non-hydrogen) atoms. The number of benzene rings is 2. The number of hydrogen-bond acceptors (Lipinski definition) is 3. The maximum atomic E-state index is 6.06. The molecule has 2 aromatic carbocycles. The van der Waals surface area contributed by atoms with Gasteiger partial charge >= 0.3 is 0 Å². The average molecular weight is 332 g/mol. The Bertz CT molecular complexity index is 767. The molecule has 0 aliphatic heterocycles. The number of aromatic nitrogens is 2. The molecule has 0 bridgehead atoms. The Morgan fingerprint density at radius 1 is 1.25 bits per heavy atom. The number of methoxy groups -OCH3 is 1. The lowest BCUT2D eigenvalue weighted by Crippen LogP contribution is -2.01. The van der Waals surface area contributed by atoms with Crippen molar-refractivity contribution in [3.8, 4) is 5.69 Å². The zero-order valence-corrected chi connectivity index (χ0v) is 12.6. The first-order chi connectivity index (χ1) is 9.69. The van der Waals surface area contributed by atoms with Gasteiger partial charge in [0.2, 0.25) is 5.95 Å². The summed E-state index contributed by atoms with van der Waals surface area (Å²) in [7, 11) is 1.69. The van der Waals surface area contributed by atoms with Crippen LogP contribution in [-0.4, -0.2) is 16.7 Å². The monoisotopic (exact) mass is 331 g/mol. The number of halogens is 1. The third-order valence-electron chi connectivity index (χ3n) is 3.12. The Balaban J connectivity index is 2.20. The first-order valence-corrected chi connectivity index (χ1v) is 7.00. The van der Waals surface area contributed by atoms with Crippen LogP contribution in [0, 0.1) is 0 Å². The van der Waals surface area contributed by atoms with Crippen LogP contribution in [0.3, 0.4) is 0 Å². The van der Waals surface area contributed by atoms with Gasteiger partial charge in [-0.2, -0.15) is 0 Å². The summed E-state index contributed by atoms with van der Waals surface area (Å²) in [4.78, 5) is 4.39. The Morgan fingerprint density at radius 3 is 2.90 bits per heavy atom. The van der Waals surface area contributed by atoms with E-state index in [9.17, 15) is 0 Å². The number of nitrogens with two attached hydrogens (primary N) is 1. The van der Waals surface area contributed by atoms with Gasteiger partial charge in [0.25, 0.3) is 0 Å². The van der Waals surface area contributed by atoms with Crippen LogP contribution in [-0.2, 0) is 11.3 Å². The zero-order valence-electron chi connectivity index (χ0n) is 11.0. The SMILES string of the molecule is COCc1cccc(-n2c(N)nc3ccc(Br)cc32)c1. The standard InChI is InChI=1S/C15H14BrN3O/c1-20-9-10-3-2-4-12(7-10)19-14-8-11(16)5-6-13(14)18-15(19)17/h2-8H,9H2,1H3,(H2,17,18). The van der Waals surface area contributed by atoms with E-state index in [2.05, 4.69) is 27.0 Å². The van der Waals surface area contributed by atoms with E-state index in [1.807, 2.05) is 41.0 Å². The number of ether oxygens (including phenoxy) is 1. The molecule has 1 heterocycles. The van der Waals surface area contributed by atoms with Crippen molar-refractivity contribution in [1.29, 1.82) is 0 Å². The summed E-state index contributed by atoms with van der Waals surface area (Å²) in [6.45, 7) is 0.573. The van der Waals surface area contributed by atoms with E-state index in [0.717, 1.165) is 26.8 Å². The van der Waals surface area contributed by atoms with Gasteiger partial charge in [-0.3, -0.25) is 4.57 Å². The van der Waals surface area contributed by atoms with E-state index in [0.29, 0.717) is 12.6 Å². The summed E-state index contributed by atoms with van der Waals surface area (Å²) in [6.07, 6.45) is 0. The van der Waals surface area contributed by atoms with Crippen LogP contribution in [0.25, 0.3) is 16.7 Å². The number of anilines is 1. The van der Waals surface area contributed by atoms with E-state index in [4.69, 9.17) is 10.5 Å². The lowest BCUT2D eigenvalue weighted by atomic mass is 10.2. The predicted octanol–water partition coefficient (Wildman–Crippen LogP) is 3.52. The minimum absolute atomic E-state index is 0.479. The second kappa shape index (κ2) is 5.26. The molecule has 0 unspecified atom stereocenters. The van der Waals surface area contributed by atoms with Gasteiger partial charge in [0.1, 0.15) is 0 Å². The number of hydrogen-bond donors (Lipinski definition) is 1. The van der Waals surface area contributed by atoms with Crippen molar-refractivity contribution in [3.05, 3.63) is 52.5 Å². The molecule has 0 spiro atoms. The molecule has 0 amide bonds. The Kier molecular flexibility index (Phi) is 3.46. The molecule has 4 nitrogen and oxygen atoms in total. The van der Waals surface area contributed by atoms with Gasteiger partial charge < -0.3 is 10.5 Å². The third kappa shape index (κ3) is 2.30. The molecule has 102 valence electrons. The number of nitrogen functional groups attached to an aromatic ring is 1. The minimum Gasteiger partial charge on any atom is -0.380 e. The lowest BCUT2D eigenvalue weighted by Gasteiger charge is -2.08. The lowest BCUT2D eigenvalue weighted by molar-refractivity contribution is 0.185. The normalized spacial score (nSPS) is 11.1. The van der Waals surface area contributed by atoms with Crippen LogP contribution in [0.15, 0.2) is 46.9 Å². The molecule has 0 atom stereocenters. The highest BCUT2D eigenvalue weighted by Gasteiger charge is 2.10. The quantitative estimate of drug-likeness (QED) is 0.798. The molecule has 0 saturated carbocycles. The Hall–Kier alpha value is -1.85. The first-order valence-electron chi connectivity index (χ1n) is 6.21. The van der Waals surface area contributed by atoms with Gasteiger partial charge in [0.15, 0.2) is 0 Å². The molecule has 3 rings (SSSR count). The summed E-state index contributed by atoms with van der Waals surface area (Å²) in [6, 6.07) is 14.0. The molecule has 1 aromatic heterocycles. The largest absolute Gasteiger partial charge is 0.380 e. The first kappa shape index (κ1) is 13.1. The molecule has 0 fully saturated rings. The number of fused-ring (bicyclic) bond motifs is 1. The highest BCUT2D eigenvalue weighted by atomic mass is 79.9. The molecule has 0 aliphatic rings. The van der Waals surface area contributed by atoms with Crippen molar-refractivity contribution in [1.82, 2.24) is 9.55 Å². The number of imidazole rings is 1. The van der Waals surface area contributed by atoms with Crippen LogP contribution in [0.5, 0.6) is 0 Å². The van der Waals surface area contributed by atoms with Crippen molar-refractivity contribution >= 4 is 32.9 Å². The summed E-state index contributed by atoms with van der Waals surface area (Å²) in [5.74, 6) is 0.479. The maximum Gasteiger partial charge on any atom is 0.205 e. The summed E-state index contributed by atoms with van der Waals surface area (Å²) in [5.41, 5.74) is 10.0. The van der Waals surface area contributed by atoms with Gasteiger partial charge in [0, 0.05) is 17.3 Å². The third-order valence-corrected chi connectivity index (χ3v) is 3.62. The minimum atomic E-state index is 0.479. The highest BCUT2D eigenvalue weighted by molar-refractivity contribution is 9.10. The fourth-order valence-corrected chi connectivity index (χ4v) is 2.64. The Morgan fingerprint density at radius 2 is 2.10 bits per heavy atom. The zero-order chi connectivity index (χ0) is 14.1. The molecule has 2 N–H and O–H groups in total. The van der Waals surface area contributed by atoms with E-state index < -0.39 is 0 Å². The number of nitrogens with zero attached hydrogens (tertiary/aromatic N) is 2. The summed E-state index contributed by atoms with van der Waals surface area (Å²) >= 11 is 3.49. The van der Waals surface area contributed by atoms with Crippen LogP contribution >= 0.6 is 15.9 Å². The fourth-order valence-electron chi connectivity index (χ4n) is 2.29. The Labute approximate surface area is 125 Å². The van der Waals surface area contributed by atoms with Crippen molar-refractivity contribution in [2.75, 3.05) is 12.8 Å². The van der Waals surface area contributed by atoms with Crippen LogP contribution < -0.4 is 5.73 Å². The second-order valence-corrected chi connectivity index (χ2v) is 5.46. The molecule has 0 radical (unpaired) electrons. The van der Waals surface area contributed by atoms with Gasteiger partial charge in [-0.15, -0.1) is 0 Å². The molecule has 5 heteroatoms. The molecular formula is C15H14BrN3O. The van der Waals surface area contributed by atoms with Gasteiger partial charge in [0.05, 0.1) is 17.6 Å². The van der Waals surface area contributed by atoms with Gasteiger partial charge in [-0.25, -0.2) is 4.98 Å². The van der Waals surface area contributed by atoms with E-state index >= 15 is 0 Å². The van der Waals surface area contributed by atoms with Crippen molar-refractivity contribution < 1.29 is 4.74 Å². The average Bonchev–Trinajstić information content (AvgIpc) is 2.75. The molecular weight excluding hydrogens is 318 g/mol. The molecule has 3 aromatic rings. The number of rotatable bonds is 3. The van der Waals surface area contributed by atoms with Gasteiger partial charge in [-0.1, -0.05) is 28.1 Å². The van der Waals surface area contributed by atoms with Crippen LogP contribution in [0.2, 0.25) is 0 Å². The second-order valence-electron chi connectivity index (χ2n) is 4.54. The summed E-state index contributed by atoms with van der Waals surface area (Å²) < 4.78 is 8.12. The van der Waals surface area contributed by atoms with E-state index in [1.165, 1.54) is 0 Å². The van der Waals surface area contributed by atoms with Crippen LogP contribution in [0.1, 0.15) is 5.56 Å². The predicted molar refractivity (Wildman–Crippen MR) is 83.9 cm³/mol.